The lowest BCUT2D eigenvalue weighted by Crippen LogP contribution is -2.13. The van der Waals surface area contributed by atoms with Crippen molar-refractivity contribution in [2.45, 2.75) is 0 Å². The Morgan fingerprint density at radius 1 is 1.08 bits per heavy atom. The Labute approximate surface area is 148 Å². The molecule has 0 saturated carbocycles. The number of nitrogens with zero attached hydrogens (tertiary/aromatic N) is 1. The number of carbonyl (C=O) groups excluding carboxylic acids is 1. The fraction of sp³-hybridized carbons (Fsp3) is 0.111. The van der Waals surface area contributed by atoms with Gasteiger partial charge in [-0.15, -0.1) is 0 Å². The van der Waals surface area contributed by atoms with E-state index in [1.165, 1.54) is 26.4 Å². The number of carbonyl (C=O) groups is 1. The molecule has 7 heteroatoms. The second kappa shape index (κ2) is 6.94. The Hall–Kier alpha value is -2.86. The maximum atomic E-state index is 13.3. The first-order valence-electron chi connectivity index (χ1n) is 7.31. The molecule has 128 valence electrons. The molecule has 1 N–H and O–H groups in total. The van der Waals surface area contributed by atoms with Gasteiger partial charge < -0.3 is 14.8 Å². The summed E-state index contributed by atoms with van der Waals surface area (Å²) < 4.78 is 23.6. The Balaban J connectivity index is 1.92. The van der Waals surface area contributed by atoms with E-state index in [-0.39, 0.29) is 10.7 Å². The van der Waals surface area contributed by atoms with E-state index in [0.717, 1.165) is 0 Å². The van der Waals surface area contributed by atoms with Crippen molar-refractivity contribution in [1.82, 2.24) is 4.98 Å². The maximum Gasteiger partial charge on any atom is 0.258 e. The molecule has 25 heavy (non-hydrogen) atoms. The third-order valence-electron chi connectivity index (χ3n) is 3.62. The van der Waals surface area contributed by atoms with Crippen molar-refractivity contribution in [2.24, 2.45) is 0 Å². The number of nitrogens with one attached hydrogen (secondary N) is 1. The van der Waals surface area contributed by atoms with Crippen molar-refractivity contribution in [1.29, 1.82) is 0 Å². The third-order valence-corrected chi connectivity index (χ3v) is 3.91. The molecule has 2 aromatic carbocycles. The van der Waals surface area contributed by atoms with Crippen LogP contribution < -0.4 is 14.8 Å². The minimum Gasteiger partial charge on any atom is -0.493 e. The minimum atomic E-state index is -0.434. The minimum absolute atomic E-state index is 0.00363. The van der Waals surface area contributed by atoms with Crippen molar-refractivity contribution in [3.63, 3.8) is 0 Å². The molecule has 0 bridgehead atoms. The molecule has 0 aliphatic carbocycles. The summed E-state index contributed by atoms with van der Waals surface area (Å²) in [5.74, 6) is 0.181. The van der Waals surface area contributed by atoms with Crippen molar-refractivity contribution in [3.05, 3.63) is 59.0 Å². The van der Waals surface area contributed by atoms with Gasteiger partial charge in [0.15, 0.2) is 11.5 Å². The number of halogens is 2. The lowest BCUT2D eigenvalue weighted by Gasteiger charge is -2.11. The molecule has 0 fully saturated rings. The van der Waals surface area contributed by atoms with Crippen LogP contribution in [-0.4, -0.2) is 25.1 Å². The first-order valence-corrected chi connectivity index (χ1v) is 7.69. The molecule has 0 aliphatic rings. The van der Waals surface area contributed by atoms with Crippen LogP contribution >= 0.6 is 11.6 Å². The summed E-state index contributed by atoms with van der Waals surface area (Å²) in [6, 6.07) is 10.7. The SMILES string of the molecule is COc1ccc(NC(=O)c2cc3ccc(F)cc3nc2Cl)cc1OC. The molecule has 3 rings (SSSR count). The number of aromatic nitrogens is 1. The average Bonchev–Trinajstić information content (AvgIpc) is 2.60. The highest BCUT2D eigenvalue weighted by molar-refractivity contribution is 6.33. The lowest BCUT2D eigenvalue weighted by atomic mass is 10.1. The van der Waals surface area contributed by atoms with Crippen LogP contribution in [0.2, 0.25) is 5.15 Å². The fourth-order valence-electron chi connectivity index (χ4n) is 2.39. The van der Waals surface area contributed by atoms with Gasteiger partial charge in [0.2, 0.25) is 0 Å². The number of ether oxygens (including phenoxy) is 2. The summed E-state index contributed by atoms with van der Waals surface area (Å²) in [5, 5.41) is 3.34. The fourth-order valence-corrected chi connectivity index (χ4v) is 2.62. The molecule has 1 amide bonds. The largest absolute Gasteiger partial charge is 0.493 e. The van der Waals surface area contributed by atoms with E-state index < -0.39 is 11.7 Å². The number of amides is 1. The normalized spacial score (nSPS) is 10.6. The molecule has 0 aliphatic heterocycles. The van der Waals surface area contributed by atoms with Gasteiger partial charge in [0.1, 0.15) is 11.0 Å². The van der Waals surface area contributed by atoms with Crippen LogP contribution in [0.25, 0.3) is 10.9 Å². The highest BCUT2D eigenvalue weighted by atomic mass is 35.5. The van der Waals surface area contributed by atoms with Crippen molar-refractivity contribution in [3.8, 4) is 11.5 Å². The molecule has 1 aromatic heterocycles. The van der Waals surface area contributed by atoms with Crippen molar-refractivity contribution in [2.75, 3.05) is 19.5 Å². The molecule has 1 heterocycles. The van der Waals surface area contributed by atoms with Crippen LogP contribution in [0.1, 0.15) is 10.4 Å². The van der Waals surface area contributed by atoms with Crippen LogP contribution in [0.4, 0.5) is 10.1 Å². The van der Waals surface area contributed by atoms with Crippen LogP contribution in [0.15, 0.2) is 42.5 Å². The quantitative estimate of drug-likeness (QED) is 0.705. The van der Waals surface area contributed by atoms with Crippen LogP contribution in [0.3, 0.4) is 0 Å². The predicted octanol–water partition coefficient (Wildman–Crippen LogP) is 4.30. The van der Waals surface area contributed by atoms with E-state index in [2.05, 4.69) is 10.3 Å². The number of methoxy groups -OCH3 is 2. The van der Waals surface area contributed by atoms with E-state index in [0.29, 0.717) is 28.1 Å². The van der Waals surface area contributed by atoms with Gasteiger partial charge in [0, 0.05) is 23.2 Å². The van der Waals surface area contributed by atoms with Gasteiger partial charge in [-0.2, -0.15) is 0 Å². The molecular formula is C18H14ClFN2O3. The van der Waals surface area contributed by atoms with E-state index >= 15 is 0 Å². The zero-order chi connectivity index (χ0) is 18.0. The monoisotopic (exact) mass is 360 g/mol. The van der Waals surface area contributed by atoms with E-state index in [1.807, 2.05) is 0 Å². The van der Waals surface area contributed by atoms with Crippen molar-refractivity contribution >= 4 is 34.1 Å². The molecule has 5 nitrogen and oxygen atoms in total. The summed E-state index contributed by atoms with van der Waals surface area (Å²) in [6.45, 7) is 0. The Kier molecular flexibility index (Phi) is 4.72. The maximum absolute atomic E-state index is 13.3. The van der Waals surface area contributed by atoms with E-state index in [9.17, 15) is 9.18 Å². The Morgan fingerprint density at radius 2 is 1.84 bits per heavy atom. The predicted molar refractivity (Wildman–Crippen MR) is 94.2 cm³/mol. The average molecular weight is 361 g/mol. The van der Waals surface area contributed by atoms with Crippen LogP contribution in [0, 0.1) is 5.82 Å². The van der Waals surface area contributed by atoms with Gasteiger partial charge in [-0.25, -0.2) is 9.37 Å². The number of pyridine rings is 1. The van der Waals surface area contributed by atoms with Gasteiger partial charge in [-0.3, -0.25) is 4.79 Å². The number of hydrogen-bond acceptors (Lipinski definition) is 4. The molecule has 0 atom stereocenters. The Bertz CT molecular complexity index is 962. The summed E-state index contributed by atoms with van der Waals surface area (Å²) in [6.07, 6.45) is 0. The molecule has 0 unspecified atom stereocenters. The van der Waals surface area contributed by atoms with E-state index in [1.54, 1.807) is 30.3 Å². The zero-order valence-corrected chi connectivity index (χ0v) is 14.2. The van der Waals surface area contributed by atoms with Crippen molar-refractivity contribution < 1.29 is 18.7 Å². The summed E-state index contributed by atoms with van der Waals surface area (Å²) in [7, 11) is 3.03. The second-order valence-corrected chi connectivity index (χ2v) is 5.55. The number of fused-ring (bicyclic) bond motifs is 1. The smallest absolute Gasteiger partial charge is 0.258 e. The topological polar surface area (TPSA) is 60.5 Å². The Morgan fingerprint density at radius 3 is 2.56 bits per heavy atom. The summed E-state index contributed by atoms with van der Waals surface area (Å²) in [5.41, 5.74) is 1.08. The zero-order valence-electron chi connectivity index (χ0n) is 13.5. The summed E-state index contributed by atoms with van der Waals surface area (Å²) in [4.78, 5) is 16.6. The number of rotatable bonds is 4. The van der Waals surface area contributed by atoms with Gasteiger partial charge in [-0.05, 0) is 30.3 Å². The van der Waals surface area contributed by atoms with Crippen LogP contribution in [0.5, 0.6) is 11.5 Å². The first kappa shape index (κ1) is 17.0. The molecular weight excluding hydrogens is 347 g/mol. The molecule has 0 saturated heterocycles. The first-order chi connectivity index (χ1) is 12.0. The number of hydrogen-bond donors (Lipinski definition) is 1. The lowest BCUT2D eigenvalue weighted by molar-refractivity contribution is 0.102. The number of anilines is 1. The molecule has 3 aromatic rings. The summed E-state index contributed by atoms with van der Waals surface area (Å²) >= 11 is 6.08. The second-order valence-electron chi connectivity index (χ2n) is 5.19. The molecule has 0 spiro atoms. The van der Waals surface area contributed by atoms with E-state index in [4.69, 9.17) is 21.1 Å². The standard InChI is InChI=1S/C18H14ClFN2O3/c1-24-15-6-5-12(9-16(15)25-2)21-18(23)13-7-10-3-4-11(20)8-14(10)22-17(13)19/h3-9H,1-2H3,(H,21,23). The highest BCUT2D eigenvalue weighted by Crippen LogP contribution is 2.30. The molecule has 0 radical (unpaired) electrons. The van der Waals surface area contributed by atoms with Gasteiger partial charge in [0.05, 0.1) is 25.3 Å². The highest BCUT2D eigenvalue weighted by Gasteiger charge is 2.15. The third kappa shape index (κ3) is 3.49. The van der Waals surface area contributed by atoms with Gasteiger partial charge >= 0.3 is 0 Å². The van der Waals surface area contributed by atoms with Gasteiger partial charge in [-0.1, -0.05) is 11.6 Å². The van der Waals surface area contributed by atoms with Gasteiger partial charge in [0.25, 0.3) is 5.91 Å². The number of benzene rings is 2. The van der Waals surface area contributed by atoms with Crippen LogP contribution in [-0.2, 0) is 0 Å².